The van der Waals surface area contributed by atoms with Gasteiger partial charge in [-0.15, -0.1) is 11.6 Å². The van der Waals surface area contributed by atoms with Crippen molar-refractivity contribution in [3.8, 4) is 17.0 Å². The second-order valence-corrected chi connectivity index (χ2v) is 9.60. The fourth-order valence-corrected chi connectivity index (χ4v) is 4.74. The summed E-state index contributed by atoms with van der Waals surface area (Å²) in [6.07, 6.45) is 0.671. The Kier molecular flexibility index (Phi) is 10.7. The van der Waals surface area contributed by atoms with Crippen LogP contribution in [0.1, 0.15) is 34.6 Å². The number of carbonyl (C=O) groups is 2. The smallest absolute Gasteiger partial charge is 0.426 e. The van der Waals surface area contributed by atoms with E-state index in [9.17, 15) is 27.9 Å². The van der Waals surface area contributed by atoms with Gasteiger partial charge >= 0.3 is 6.18 Å². The molecule has 0 aliphatic carbocycles. The first kappa shape index (κ1) is 32.7. The maximum Gasteiger partial charge on any atom is 0.435 e. The van der Waals surface area contributed by atoms with E-state index < -0.39 is 30.4 Å². The van der Waals surface area contributed by atoms with Crippen molar-refractivity contribution >= 4 is 41.1 Å². The van der Waals surface area contributed by atoms with Crippen LogP contribution in [0.4, 0.5) is 24.7 Å². The van der Waals surface area contributed by atoms with Crippen LogP contribution in [0.15, 0.2) is 36.9 Å². The molecule has 17 heteroatoms. The highest BCUT2D eigenvalue weighted by Crippen LogP contribution is 2.38. The van der Waals surface area contributed by atoms with Crippen LogP contribution < -0.4 is 21.1 Å². The number of hydrogen-bond acceptors (Lipinski definition) is 10. The number of hydrogen-bond donors (Lipinski definition) is 4. The number of nitrogens with zero attached hydrogens (tertiary/aromatic N) is 5. The highest BCUT2D eigenvalue weighted by molar-refractivity contribution is 6.18. The van der Waals surface area contributed by atoms with Crippen LogP contribution in [0, 0.1) is 0 Å². The molecule has 13 nitrogen and oxygen atoms in total. The first-order valence-corrected chi connectivity index (χ1v) is 14.0. The lowest BCUT2D eigenvalue weighted by atomic mass is 10.0. The van der Waals surface area contributed by atoms with E-state index in [0.29, 0.717) is 25.1 Å². The van der Waals surface area contributed by atoms with E-state index in [-0.39, 0.29) is 65.2 Å². The number of aromatic nitrogens is 5. The van der Waals surface area contributed by atoms with E-state index in [1.807, 2.05) is 0 Å². The van der Waals surface area contributed by atoms with Gasteiger partial charge in [-0.3, -0.25) is 18.7 Å². The molecule has 1 unspecified atom stereocenters. The Morgan fingerprint density at radius 2 is 2.07 bits per heavy atom. The minimum Gasteiger partial charge on any atom is -0.426 e. The number of nitrogens with two attached hydrogens (primary N) is 1. The number of carbonyl (C=O) groups excluding carboxylic acids is 2. The summed E-state index contributed by atoms with van der Waals surface area (Å²) in [5.41, 5.74) is 5.09. The molecule has 0 aliphatic heterocycles. The van der Waals surface area contributed by atoms with Gasteiger partial charge in [0.05, 0.1) is 49.0 Å². The molecule has 1 amide bonds. The number of alkyl halides is 4. The van der Waals surface area contributed by atoms with Crippen molar-refractivity contribution in [2.24, 2.45) is 5.73 Å². The number of imidazole rings is 1. The molecule has 0 aliphatic rings. The largest absolute Gasteiger partial charge is 0.435 e. The van der Waals surface area contributed by atoms with Gasteiger partial charge < -0.3 is 30.9 Å². The molecule has 0 bridgehead atoms. The molecular weight excluding hydrogens is 609 g/mol. The van der Waals surface area contributed by atoms with Crippen LogP contribution in [-0.2, 0) is 22.1 Å². The Hall–Kier alpha value is -4.25. The fourth-order valence-electron chi connectivity index (χ4n) is 4.50. The number of nitrogens with one attached hydrogen (secondary N) is 2. The van der Waals surface area contributed by atoms with Crippen LogP contribution in [0.25, 0.3) is 16.9 Å². The van der Waals surface area contributed by atoms with Crippen LogP contribution in [0.3, 0.4) is 0 Å². The lowest BCUT2D eigenvalue weighted by Gasteiger charge is -2.17. The van der Waals surface area contributed by atoms with Crippen molar-refractivity contribution in [3.63, 3.8) is 0 Å². The number of anilines is 2. The van der Waals surface area contributed by atoms with Crippen LogP contribution >= 0.6 is 11.6 Å². The zero-order chi connectivity index (χ0) is 31.9. The topological polar surface area (TPSA) is 171 Å². The molecule has 0 fully saturated rings. The highest BCUT2D eigenvalue weighted by Gasteiger charge is 2.39. The van der Waals surface area contributed by atoms with Gasteiger partial charge in [-0.25, -0.2) is 9.97 Å². The Labute approximate surface area is 254 Å². The van der Waals surface area contributed by atoms with E-state index >= 15 is 0 Å². The summed E-state index contributed by atoms with van der Waals surface area (Å²) >= 11 is 5.82. The van der Waals surface area contributed by atoms with Crippen LogP contribution in [0.5, 0.6) is 5.75 Å². The van der Waals surface area contributed by atoms with E-state index in [1.54, 1.807) is 13.0 Å². The number of fused-ring (bicyclic) bond motifs is 1. The zero-order valence-electron chi connectivity index (χ0n) is 23.5. The van der Waals surface area contributed by atoms with Crippen molar-refractivity contribution in [3.05, 3.63) is 53.7 Å². The number of ether oxygens (including phenoxy) is 2. The fraction of sp³-hybridized carbons (Fsp3) is 0.370. The predicted octanol–water partition coefficient (Wildman–Crippen LogP) is 2.93. The standard InChI is InChI=1S/C27H30ClF3N8O5/c1-2-17-18(26(42)34-7-10-43-9-5-32)3-4-20(22(17)44-15-41)36-24-25-35-12-21(38(25)8-6-33-24)19-13-39(16(11-28)14-40)37-23(19)27(29,30)31/h3-4,6,8,12-13,15-16,40H,2,5,7,9-11,14,32H2,1H3,(H,33,36)(H,34,42). The maximum absolute atomic E-state index is 14.0. The average Bonchev–Trinajstić information content (AvgIpc) is 3.64. The first-order chi connectivity index (χ1) is 21.2. The summed E-state index contributed by atoms with van der Waals surface area (Å²) in [4.78, 5) is 32.9. The maximum atomic E-state index is 14.0. The number of rotatable bonds is 15. The number of aliphatic hydroxyl groups excluding tert-OH is 1. The van der Waals surface area contributed by atoms with E-state index in [0.717, 1.165) is 10.9 Å². The molecule has 0 spiro atoms. The van der Waals surface area contributed by atoms with Crippen LogP contribution in [-0.4, -0.2) is 80.4 Å². The first-order valence-electron chi connectivity index (χ1n) is 13.4. The lowest BCUT2D eigenvalue weighted by Crippen LogP contribution is -2.29. The van der Waals surface area contributed by atoms with Crippen molar-refractivity contribution in [2.75, 3.05) is 44.1 Å². The predicted molar refractivity (Wildman–Crippen MR) is 154 cm³/mol. The second kappa shape index (κ2) is 14.5. The Morgan fingerprint density at radius 1 is 1.27 bits per heavy atom. The van der Waals surface area contributed by atoms with Gasteiger partial charge in [-0.05, 0) is 18.6 Å². The Morgan fingerprint density at radius 3 is 2.73 bits per heavy atom. The summed E-state index contributed by atoms with van der Waals surface area (Å²) in [6, 6.07) is 2.19. The molecule has 1 atom stereocenters. The normalized spacial score (nSPS) is 12.3. The van der Waals surface area contributed by atoms with Crippen molar-refractivity contribution < 1.29 is 37.3 Å². The molecule has 0 saturated carbocycles. The molecule has 0 saturated heterocycles. The average molecular weight is 639 g/mol. The monoisotopic (exact) mass is 638 g/mol. The minimum atomic E-state index is -4.81. The molecule has 4 aromatic rings. The van der Waals surface area contributed by atoms with Gasteiger partial charge in [0.2, 0.25) is 0 Å². The van der Waals surface area contributed by atoms with Gasteiger partial charge in [-0.2, -0.15) is 18.3 Å². The van der Waals surface area contributed by atoms with Gasteiger partial charge in [-0.1, -0.05) is 6.92 Å². The van der Waals surface area contributed by atoms with E-state index in [1.165, 1.54) is 29.1 Å². The minimum absolute atomic E-state index is 0.0522. The molecule has 3 aromatic heterocycles. The third kappa shape index (κ3) is 6.93. The number of halogens is 4. The van der Waals surface area contributed by atoms with E-state index in [2.05, 4.69) is 25.7 Å². The highest BCUT2D eigenvalue weighted by atomic mass is 35.5. The molecular formula is C27H30ClF3N8O5. The van der Waals surface area contributed by atoms with Crippen molar-refractivity contribution in [1.29, 1.82) is 0 Å². The zero-order valence-corrected chi connectivity index (χ0v) is 24.2. The van der Waals surface area contributed by atoms with Gasteiger partial charge in [0, 0.05) is 48.7 Å². The summed E-state index contributed by atoms with van der Waals surface area (Å²) in [6.45, 7) is 2.71. The molecule has 0 radical (unpaired) electrons. The number of benzene rings is 1. The van der Waals surface area contributed by atoms with Gasteiger partial charge in [0.15, 0.2) is 22.9 Å². The summed E-state index contributed by atoms with van der Waals surface area (Å²) in [5, 5.41) is 19.0. The Balaban J connectivity index is 1.71. The summed E-state index contributed by atoms with van der Waals surface area (Å²) in [7, 11) is 0. The van der Waals surface area contributed by atoms with Crippen molar-refractivity contribution in [2.45, 2.75) is 25.6 Å². The molecule has 4 rings (SSSR count). The lowest BCUT2D eigenvalue weighted by molar-refractivity contribution is -0.141. The summed E-state index contributed by atoms with van der Waals surface area (Å²) < 4.78 is 54.9. The number of amides is 1. The van der Waals surface area contributed by atoms with Crippen molar-refractivity contribution in [1.82, 2.24) is 29.5 Å². The molecule has 1 aromatic carbocycles. The quantitative estimate of drug-likeness (QED) is 0.0862. The third-order valence-electron chi connectivity index (χ3n) is 6.54. The summed E-state index contributed by atoms with van der Waals surface area (Å²) in [5.74, 6) is -0.367. The van der Waals surface area contributed by atoms with E-state index in [4.69, 9.17) is 26.8 Å². The SMILES string of the molecule is CCc1c(C(=O)NCCOCCN)ccc(Nc2nccn3c(-c4cn(C(CO)CCl)nc4C(F)(F)F)cnc23)c1OC=O. The molecule has 236 valence electrons. The van der Waals surface area contributed by atoms with Crippen LogP contribution in [0.2, 0.25) is 0 Å². The van der Waals surface area contributed by atoms with Gasteiger partial charge in [0.1, 0.15) is 0 Å². The van der Waals surface area contributed by atoms with Gasteiger partial charge in [0.25, 0.3) is 12.4 Å². The number of aliphatic hydroxyl groups is 1. The third-order valence-corrected chi connectivity index (χ3v) is 6.90. The molecule has 5 N–H and O–H groups in total. The molecule has 44 heavy (non-hydrogen) atoms. The second-order valence-electron chi connectivity index (χ2n) is 9.29. The Bertz CT molecular complexity index is 1610. The molecule has 3 heterocycles.